The van der Waals surface area contributed by atoms with Gasteiger partial charge in [0.05, 0.1) is 0 Å². The number of aromatic nitrogens is 1. The van der Waals surface area contributed by atoms with E-state index in [0.29, 0.717) is 11.5 Å². The molecule has 1 aliphatic heterocycles. The van der Waals surface area contributed by atoms with Gasteiger partial charge in [0.25, 0.3) is 5.91 Å². The highest BCUT2D eigenvalue weighted by molar-refractivity contribution is 7.13. The number of carbonyl (C=O) groups excluding carboxylic acids is 1. The zero-order valence-corrected chi connectivity index (χ0v) is 14.6. The molecule has 0 atom stereocenters. The van der Waals surface area contributed by atoms with Crippen molar-refractivity contribution in [2.75, 3.05) is 19.6 Å². The van der Waals surface area contributed by atoms with Gasteiger partial charge in [-0.1, -0.05) is 12.1 Å². The van der Waals surface area contributed by atoms with Crippen LogP contribution in [0.4, 0.5) is 0 Å². The summed E-state index contributed by atoms with van der Waals surface area (Å²) in [5.74, 6) is 0.566. The number of carbonyl (C=O) groups is 1. The minimum atomic E-state index is -0.00738. The number of nitrogens with one attached hydrogen (secondary N) is 2. The molecule has 0 bridgehead atoms. The lowest BCUT2D eigenvalue weighted by molar-refractivity contribution is 0.0942. The van der Waals surface area contributed by atoms with Gasteiger partial charge in [0.2, 0.25) is 0 Å². The molecule has 0 saturated carbocycles. The van der Waals surface area contributed by atoms with E-state index in [1.807, 2.05) is 36.6 Å². The lowest BCUT2D eigenvalue weighted by atomic mass is 10.0. The molecule has 120 valence electrons. The molecule has 4 nitrogen and oxygen atoms in total. The number of hydrogen-bond acceptors (Lipinski definition) is 4. The van der Waals surface area contributed by atoms with Crippen molar-refractivity contribution >= 4 is 42.1 Å². The summed E-state index contributed by atoms with van der Waals surface area (Å²) < 4.78 is 0. The highest BCUT2D eigenvalue weighted by atomic mass is 35.5. The Morgan fingerprint density at radius 3 is 2.77 bits per heavy atom. The second kappa shape index (κ2) is 8.48. The molecule has 1 aliphatic rings. The number of benzene rings is 1. The number of hydrogen-bond donors (Lipinski definition) is 2. The minimum absolute atomic E-state index is 0. The normalized spacial score (nSPS) is 13.5. The Morgan fingerprint density at radius 2 is 2.18 bits per heavy atom. The fourth-order valence-electron chi connectivity index (χ4n) is 2.11. The van der Waals surface area contributed by atoms with Crippen LogP contribution in [0.1, 0.15) is 16.1 Å². The largest absolute Gasteiger partial charge is 0.352 e. The van der Waals surface area contributed by atoms with Crippen LogP contribution in [0, 0.1) is 12.8 Å². The van der Waals surface area contributed by atoms with Crippen molar-refractivity contribution in [2.45, 2.75) is 6.92 Å². The van der Waals surface area contributed by atoms with Crippen LogP contribution < -0.4 is 10.6 Å². The molecule has 2 heterocycles. The Morgan fingerprint density at radius 1 is 1.41 bits per heavy atom. The fourth-order valence-corrected chi connectivity index (χ4v) is 2.91. The van der Waals surface area contributed by atoms with Crippen molar-refractivity contribution in [2.24, 2.45) is 5.92 Å². The fraction of sp³-hybridized carbons (Fsp3) is 0.333. The highest BCUT2D eigenvalue weighted by Gasteiger charge is 2.17. The van der Waals surface area contributed by atoms with Crippen LogP contribution >= 0.6 is 36.2 Å². The van der Waals surface area contributed by atoms with Gasteiger partial charge in [-0.3, -0.25) is 4.79 Å². The zero-order valence-electron chi connectivity index (χ0n) is 12.2. The molecule has 22 heavy (non-hydrogen) atoms. The number of aryl methyl sites for hydroxylation is 1. The monoisotopic (exact) mass is 359 g/mol. The van der Waals surface area contributed by atoms with E-state index in [0.717, 1.165) is 35.9 Å². The van der Waals surface area contributed by atoms with Gasteiger partial charge in [-0.15, -0.1) is 36.2 Å². The zero-order chi connectivity index (χ0) is 13.9. The molecule has 0 aliphatic carbocycles. The molecular formula is C15H19Cl2N3OS. The molecular weight excluding hydrogens is 341 g/mol. The molecule has 3 rings (SSSR count). The van der Waals surface area contributed by atoms with Crippen LogP contribution in [0.25, 0.3) is 10.6 Å². The van der Waals surface area contributed by atoms with E-state index in [2.05, 4.69) is 15.6 Å². The van der Waals surface area contributed by atoms with Crippen LogP contribution in [0.3, 0.4) is 0 Å². The van der Waals surface area contributed by atoms with Crippen molar-refractivity contribution in [1.82, 2.24) is 15.6 Å². The summed E-state index contributed by atoms with van der Waals surface area (Å²) in [5, 5.41) is 9.17. The van der Waals surface area contributed by atoms with E-state index in [1.165, 1.54) is 0 Å². The summed E-state index contributed by atoms with van der Waals surface area (Å²) in [6.07, 6.45) is 0. The second-order valence-electron chi connectivity index (χ2n) is 5.11. The minimum Gasteiger partial charge on any atom is -0.352 e. The average molecular weight is 360 g/mol. The van der Waals surface area contributed by atoms with Gasteiger partial charge < -0.3 is 10.6 Å². The quantitative estimate of drug-likeness (QED) is 0.882. The Kier molecular flexibility index (Phi) is 7.29. The molecule has 1 fully saturated rings. The van der Waals surface area contributed by atoms with Gasteiger partial charge in [-0.25, -0.2) is 4.98 Å². The van der Waals surface area contributed by atoms with Crippen LogP contribution in [-0.2, 0) is 0 Å². The van der Waals surface area contributed by atoms with Crippen molar-refractivity contribution in [3.8, 4) is 10.6 Å². The Balaban J connectivity index is 0.00000121. The lowest BCUT2D eigenvalue weighted by Gasteiger charge is -2.27. The number of amides is 1. The summed E-state index contributed by atoms with van der Waals surface area (Å²) in [4.78, 5) is 16.6. The van der Waals surface area contributed by atoms with E-state index >= 15 is 0 Å². The van der Waals surface area contributed by atoms with Crippen molar-refractivity contribution in [3.05, 3.63) is 40.9 Å². The maximum atomic E-state index is 12.1. The van der Waals surface area contributed by atoms with Gasteiger partial charge >= 0.3 is 0 Å². The molecule has 0 spiro atoms. The van der Waals surface area contributed by atoms with E-state index in [1.54, 1.807) is 11.3 Å². The summed E-state index contributed by atoms with van der Waals surface area (Å²) in [6, 6.07) is 7.65. The van der Waals surface area contributed by atoms with E-state index in [-0.39, 0.29) is 30.7 Å². The maximum absolute atomic E-state index is 12.1. The lowest BCUT2D eigenvalue weighted by Crippen LogP contribution is -2.48. The maximum Gasteiger partial charge on any atom is 0.251 e. The first-order valence-corrected chi connectivity index (χ1v) is 7.62. The topological polar surface area (TPSA) is 54.0 Å². The predicted molar refractivity (Wildman–Crippen MR) is 95.5 cm³/mol. The Hall–Kier alpha value is -1.14. The molecule has 1 aromatic carbocycles. The molecule has 0 unspecified atom stereocenters. The molecule has 1 aromatic heterocycles. The third-order valence-corrected chi connectivity index (χ3v) is 4.42. The smallest absolute Gasteiger partial charge is 0.251 e. The summed E-state index contributed by atoms with van der Waals surface area (Å²) in [7, 11) is 0. The van der Waals surface area contributed by atoms with E-state index in [4.69, 9.17) is 0 Å². The number of nitrogens with zero attached hydrogens (tertiary/aromatic N) is 1. The van der Waals surface area contributed by atoms with E-state index < -0.39 is 0 Å². The van der Waals surface area contributed by atoms with Crippen LogP contribution in [0.5, 0.6) is 0 Å². The first-order valence-electron chi connectivity index (χ1n) is 6.74. The number of rotatable bonds is 4. The predicted octanol–water partition coefficient (Wildman–Crippen LogP) is 2.91. The average Bonchev–Trinajstić information content (AvgIpc) is 2.84. The van der Waals surface area contributed by atoms with Gasteiger partial charge in [0.15, 0.2) is 0 Å². The van der Waals surface area contributed by atoms with Gasteiger partial charge in [0, 0.05) is 47.8 Å². The standard InChI is InChI=1S/C15H17N3OS.2ClH/c1-10-9-20-15(18-10)13-4-2-3-12(5-13)14(19)17-8-11-6-16-7-11;;/h2-5,9,11,16H,6-8H2,1H3,(H,17,19);2*1H. The molecule has 2 aromatic rings. The van der Waals surface area contributed by atoms with Crippen molar-refractivity contribution in [1.29, 1.82) is 0 Å². The summed E-state index contributed by atoms with van der Waals surface area (Å²) >= 11 is 1.60. The Labute approximate surface area is 146 Å². The van der Waals surface area contributed by atoms with Crippen molar-refractivity contribution in [3.63, 3.8) is 0 Å². The first-order chi connectivity index (χ1) is 9.72. The summed E-state index contributed by atoms with van der Waals surface area (Å²) in [6.45, 7) is 4.72. The molecule has 7 heteroatoms. The van der Waals surface area contributed by atoms with Gasteiger partial charge in [-0.2, -0.15) is 0 Å². The molecule has 1 saturated heterocycles. The van der Waals surface area contributed by atoms with Crippen LogP contribution in [-0.4, -0.2) is 30.5 Å². The van der Waals surface area contributed by atoms with Crippen molar-refractivity contribution < 1.29 is 4.79 Å². The van der Waals surface area contributed by atoms with Gasteiger partial charge in [-0.05, 0) is 19.1 Å². The summed E-state index contributed by atoms with van der Waals surface area (Å²) in [5.41, 5.74) is 2.71. The van der Waals surface area contributed by atoms with Crippen LogP contribution in [0.2, 0.25) is 0 Å². The second-order valence-corrected chi connectivity index (χ2v) is 5.97. The molecule has 2 N–H and O–H groups in total. The molecule has 0 radical (unpaired) electrons. The SMILES string of the molecule is Cc1csc(-c2cccc(C(=O)NCC3CNC3)c2)n1.Cl.Cl. The number of thiazole rings is 1. The number of halogens is 2. The third-order valence-electron chi connectivity index (χ3n) is 3.41. The van der Waals surface area contributed by atoms with Crippen LogP contribution in [0.15, 0.2) is 29.6 Å². The Bertz CT molecular complexity index is 629. The highest BCUT2D eigenvalue weighted by Crippen LogP contribution is 2.24. The van der Waals surface area contributed by atoms with Gasteiger partial charge in [0.1, 0.15) is 5.01 Å². The van der Waals surface area contributed by atoms with E-state index in [9.17, 15) is 4.79 Å². The third kappa shape index (κ3) is 4.43. The molecule has 1 amide bonds. The first kappa shape index (κ1) is 18.9.